The molecule has 1 aromatic heterocycles. The van der Waals surface area contributed by atoms with E-state index in [-0.39, 0.29) is 5.82 Å². The minimum Gasteiger partial charge on any atom is -0.358 e. The summed E-state index contributed by atoms with van der Waals surface area (Å²) in [7, 11) is 1.38. The highest BCUT2D eigenvalue weighted by atomic mass is 32.1. The number of hydrogen-bond acceptors (Lipinski definition) is 4. The van der Waals surface area contributed by atoms with E-state index in [1.54, 1.807) is 24.3 Å². The van der Waals surface area contributed by atoms with Crippen LogP contribution in [0.5, 0.6) is 0 Å². The maximum atomic E-state index is 13.0. The molecule has 4 nitrogen and oxygen atoms in total. The van der Waals surface area contributed by atoms with Crippen LogP contribution >= 0.6 is 11.3 Å². The lowest BCUT2D eigenvalue weighted by Gasteiger charge is -2.04. The van der Waals surface area contributed by atoms with E-state index in [1.165, 1.54) is 30.5 Å². The number of thiophene rings is 1. The number of hydrogen-bond donors (Lipinski definition) is 1. The summed E-state index contributed by atoms with van der Waals surface area (Å²) in [6.45, 7) is 1.83. The van der Waals surface area contributed by atoms with Crippen molar-refractivity contribution in [2.75, 3.05) is 7.05 Å². The van der Waals surface area contributed by atoms with E-state index in [9.17, 15) is 14.0 Å². The standard InChI is InChI=1S/C16H13FN2O2S/c1-9-7-13(14(20)12(8-18)16(21)19-2)22-15(9)10-3-5-11(17)6-4-10/h3-7,12H,1-2H3,(H,19,21)/t12-/m1/s1. The number of benzene rings is 1. The fourth-order valence-corrected chi connectivity index (χ4v) is 3.16. The van der Waals surface area contributed by atoms with E-state index in [4.69, 9.17) is 5.26 Å². The van der Waals surface area contributed by atoms with Gasteiger partial charge in [0.05, 0.1) is 10.9 Å². The molecule has 0 spiro atoms. The van der Waals surface area contributed by atoms with Crippen molar-refractivity contribution < 1.29 is 14.0 Å². The SMILES string of the molecule is CNC(=O)[C@H](C#N)C(=O)c1cc(C)c(-c2ccc(F)cc2)s1. The van der Waals surface area contributed by atoms with Crippen molar-refractivity contribution in [1.29, 1.82) is 5.26 Å². The number of nitrogens with zero attached hydrogens (tertiary/aromatic N) is 1. The number of amides is 1. The summed E-state index contributed by atoms with van der Waals surface area (Å²) in [6, 6.07) is 9.32. The topological polar surface area (TPSA) is 70.0 Å². The molecule has 0 aliphatic carbocycles. The van der Waals surface area contributed by atoms with Crippen LogP contribution in [0.2, 0.25) is 0 Å². The van der Waals surface area contributed by atoms with E-state index in [0.29, 0.717) is 4.88 Å². The first kappa shape index (κ1) is 15.9. The molecule has 1 atom stereocenters. The van der Waals surface area contributed by atoms with Gasteiger partial charge in [-0.1, -0.05) is 12.1 Å². The van der Waals surface area contributed by atoms with Crippen LogP contribution < -0.4 is 5.32 Å². The Morgan fingerprint density at radius 2 is 1.95 bits per heavy atom. The zero-order chi connectivity index (χ0) is 16.3. The number of carbonyl (C=O) groups excluding carboxylic acids is 2. The lowest BCUT2D eigenvalue weighted by Crippen LogP contribution is -2.31. The number of rotatable bonds is 4. The Morgan fingerprint density at radius 1 is 1.32 bits per heavy atom. The van der Waals surface area contributed by atoms with Gasteiger partial charge in [-0.3, -0.25) is 9.59 Å². The van der Waals surface area contributed by atoms with Gasteiger partial charge in [0.25, 0.3) is 0 Å². The first-order chi connectivity index (χ1) is 10.5. The van der Waals surface area contributed by atoms with E-state index in [2.05, 4.69) is 5.32 Å². The summed E-state index contributed by atoms with van der Waals surface area (Å²) in [5, 5.41) is 11.3. The van der Waals surface area contributed by atoms with Crippen LogP contribution in [0.4, 0.5) is 4.39 Å². The maximum Gasteiger partial charge on any atom is 0.245 e. The third kappa shape index (κ3) is 3.05. The van der Waals surface area contributed by atoms with Gasteiger partial charge in [0.1, 0.15) is 5.82 Å². The van der Waals surface area contributed by atoms with Crippen LogP contribution in [0.25, 0.3) is 10.4 Å². The van der Waals surface area contributed by atoms with Gasteiger partial charge in [0.2, 0.25) is 5.91 Å². The van der Waals surface area contributed by atoms with Gasteiger partial charge < -0.3 is 5.32 Å². The van der Waals surface area contributed by atoms with Gasteiger partial charge in [-0.15, -0.1) is 11.3 Å². The lowest BCUT2D eigenvalue weighted by molar-refractivity contribution is -0.121. The van der Waals surface area contributed by atoms with Gasteiger partial charge in [0, 0.05) is 11.9 Å². The fraction of sp³-hybridized carbons (Fsp3) is 0.188. The molecule has 0 bridgehead atoms. The molecule has 1 aromatic carbocycles. The first-order valence-corrected chi connectivity index (χ1v) is 7.31. The smallest absolute Gasteiger partial charge is 0.245 e. The third-order valence-electron chi connectivity index (χ3n) is 3.17. The number of aryl methyl sites for hydroxylation is 1. The Bertz CT molecular complexity index is 759. The van der Waals surface area contributed by atoms with Crippen molar-refractivity contribution in [3.05, 3.63) is 46.6 Å². The van der Waals surface area contributed by atoms with E-state index in [1.807, 2.05) is 6.92 Å². The molecule has 0 saturated heterocycles. The molecule has 0 aliphatic rings. The summed E-state index contributed by atoms with van der Waals surface area (Å²) < 4.78 is 13.0. The van der Waals surface area contributed by atoms with Crippen LogP contribution in [0.3, 0.4) is 0 Å². The molecule has 1 heterocycles. The molecular formula is C16H13FN2O2S. The minimum absolute atomic E-state index is 0.335. The van der Waals surface area contributed by atoms with Gasteiger partial charge in [0.15, 0.2) is 11.7 Å². The van der Waals surface area contributed by atoms with Crippen molar-refractivity contribution in [3.8, 4) is 16.5 Å². The second-order valence-electron chi connectivity index (χ2n) is 4.67. The Hall–Kier alpha value is -2.52. The average Bonchev–Trinajstić information content (AvgIpc) is 2.90. The van der Waals surface area contributed by atoms with Gasteiger partial charge in [-0.05, 0) is 36.2 Å². The molecule has 0 aliphatic heterocycles. The van der Waals surface area contributed by atoms with Crippen molar-refractivity contribution in [2.24, 2.45) is 5.92 Å². The fourth-order valence-electron chi connectivity index (χ4n) is 2.01. The monoisotopic (exact) mass is 316 g/mol. The lowest BCUT2D eigenvalue weighted by atomic mass is 10.0. The minimum atomic E-state index is -1.36. The second-order valence-corrected chi connectivity index (χ2v) is 5.72. The zero-order valence-electron chi connectivity index (χ0n) is 12.0. The zero-order valence-corrected chi connectivity index (χ0v) is 12.8. The Balaban J connectivity index is 2.37. The summed E-state index contributed by atoms with van der Waals surface area (Å²) in [5.74, 6) is -2.84. The highest BCUT2D eigenvalue weighted by molar-refractivity contribution is 7.17. The molecule has 6 heteroatoms. The van der Waals surface area contributed by atoms with Crippen LogP contribution in [0, 0.1) is 30.0 Å². The molecule has 1 N–H and O–H groups in total. The molecule has 2 aromatic rings. The van der Waals surface area contributed by atoms with Crippen LogP contribution in [0.15, 0.2) is 30.3 Å². The van der Waals surface area contributed by atoms with Crippen LogP contribution in [-0.2, 0) is 4.79 Å². The molecule has 2 rings (SSSR count). The van der Waals surface area contributed by atoms with Gasteiger partial charge in [-0.25, -0.2) is 4.39 Å². The molecule has 1 amide bonds. The predicted molar refractivity (Wildman–Crippen MR) is 82.0 cm³/mol. The van der Waals surface area contributed by atoms with Crippen molar-refractivity contribution in [1.82, 2.24) is 5.32 Å². The quantitative estimate of drug-likeness (QED) is 0.696. The van der Waals surface area contributed by atoms with E-state index in [0.717, 1.165) is 16.0 Å². The van der Waals surface area contributed by atoms with Crippen molar-refractivity contribution >= 4 is 23.0 Å². The Kier molecular flexibility index (Phi) is 4.68. The highest BCUT2D eigenvalue weighted by Crippen LogP contribution is 2.33. The molecule has 0 unspecified atom stereocenters. The molecule has 0 fully saturated rings. The first-order valence-electron chi connectivity index (χ1n) is 6.49. The summed E-state index contributed by atoms with van der Waals surface area (Å²) in [5.41, 5.74) is 1.63. The molecule has 112 valence electrons. The highest BCUT2D eigenvalue weighted by Gasteiger charge is 2.28. The van der Waals surface area contributed by atoms with Crippen molar-refractivity contribution in [2.45, 2.75) is 6.92 Å². The molecule has 0 saturated carbocycles. The Morgan fingerprint density at radius 3 is 2.50 bits per heavy atom. The number of carbonyl (C=O) groups is 2. The number of nitriles is 1. The van der Waals surface area contributed by atoms with Gasteiger partial charge in [-0.2, -0.15) is 5.26 Å². The van der Waals surface area contributed by atoms with Crippen molar-refractivity contribution in [3.63, 3.8) is 0 Å². The third-order valence-corrected chi connectivity index (χ3v) is 4.47. The van der Waals surface area contributed by atoms with Crippen LogP contribution in [-0.4, -0.2) is 18.7 Å². The predicted octanol–water partition coefficient (Wildman–Crippen LogP) is 2.93. The summed E-state index contributed by atoms with van der Waals surface area (Å²) >= 11 is 1.20. The summed E-state index contributed by atoms with van der Waals surface area (Å²) in [6.07, 6.45) is 0. The second kappa shape index (κ2) is 6.50. The number of ketones is 1. The molecular weight excluding hydrogens is 303 g/mol. The van der Waals surface area contributed by atoms with E-state index >= 15 is 0 Å². The number of nitrogens with one attached hydrogen (secondary N) is 1. The number of Topliss-reactive ketones (excluding diaryl/α,β-unsaturated/α-hetero) is 1. The molecule has 22 heavy (non-hydrogen) atoms. The maximum absolute atomic E-state index is 13.0. The Labute approximate surface area is 131 Å². The van der Waals surface area contributed by atoms with Gasteiger partial charge >= 0.3 is 0 Å². The normalized spacial score (nSPS) is 11.5. The number of halogens is 1. The molecule has 0 radical (unpaired) electrons. The largest absolute Gasteiger partial charge is 0.358 e. The average molecular weight is 316 g/mol. The summed E-state index contributed by atoms with van der Waals surface area (Å²) in [4.78, 5) is 25.0. The van der Waals surface area contributed by atoms with E-state index < -0.39 is 17.6 Å². The van der Waals surface area contributed by atoms with Crippen LogP contribution in [0.1, 0.15) is 15.2 Å².